The Hall–Kier alpha value is -0.500. The van der Waals surface area contributed by atoms with Crippen LogP contribution in [0.1, 0.15) is 96.9 Å². The van der Waals surface area contributed by atoms with Gasteiger partial charge in [0.2, 0.25) is 0 Å². The van der Waals surface area contributed by atoms with E-state index in [2.05, 4.69) is 4.74 Å². The summed E-state index contributed by atoms with van der Waals surface area (Å²) in [5.41, 5.74) is -10.3. The molecule has 0 bridgehead atoms. The molecule has 0 radical (unpaired) electrons. The van der Waals surface area contributed by atoms with Crippen LogP contribution in [0.15, 0.2) is 0 Å². The van der Waals surface area contributed by atoms with E-state index in [0.29, 0.717) is 0 Å². The van der Waals surface area contributed by atoms with Crippen LogP contribution in [0, 0.1) is 21.7 Å². The second-order valence-corrected chi connectivity index (χ2v) is 12.6. The molecule has 0 rings (SSSR count). The molecule has 0 aromatic rings. The first-order chi connectivity index (χ1) is 12.9. The first-order valence-corrected chi connectivity index (χ1v) is 10.5. The summed E-state index contributed by atoms with van der Waals surface area (Å²) in [5, 5.41) is 0. The average Bonchev–Trinajstić information content (AvgIpc) is 2.41. The normalized spacial score (nSPS) is 16.6. The number of alkyl halides is 6. The molecule has 0 saturated carbocycles. The lowest BCUT2D eigenvalue weighted by Gasteiger charge is -2.52. The molecular weight excluding hydrogens is 422 g/mol. The second-order valence-electron chi connectivity index (χ2n) is 12.6. The van der Waals surface area contributed by atoms with Crippen molar-refractivity contribution in [2.24, 2.45) is 21.7 Å². The van der Waals surface area contributed by atoms with Gasteiger partial charge in [-0.15, -0.1) is 0 Å². The largest absolute Gasteiger partial charge is 0.420 e. The van der Waals surface area contributed by atoms with E-state index in [1.807, 2.05) is 0 Å². The lowest BCUT2D eigenvalue weighted by Crippen LogP contribution is -2.64. The third-order valence-corrected chi connectivity index (χ3v) is 7.83. The van der Waals surface area contributed by atoms with E-state index in [-0.39, 0.29) is 0 Å². The summed E-state index contributed by atoms with van der Waals surface area (Å²) >= 11 is 0. The highest BCUT2D eigenvalue weighted by Crippen LogP contribution is 2.59. The Morgan fingerprint density at radius 2 is 0.710 bits per heavy atom. The van der Waals surface area contributed by atoms with Gasteiger partial charge in [0.15, 0.2) is 0 Å². The van der Waals surface area contributed by atoms with Crippen LogP contribution in [0.4, 0.5) is 26.3 Å². The molecule has 0 aromatic carbocycles. The van der Waals surface area contributed by atoms with Crippen molar-refractivity contribution >= 4 is 0 Å². The molecule has 0 aliphatic rings. The Kier molecular flexibility index (Phi) is 7.65. The molecule has 0 N–H and O–H groups in total. The number of halogens is 6. The minimum absolute atomic E-state index is 0.717. The summed E-state index contributed by atoms with van der Waals surface area (Å²) in [5.74, 6) is -4.65. The molecule has 8 heteroatoms. The minimum Gasteiger partial charge on any atom is -0.313 e. The Morgan fingerprint density at radius 1 is 0.387 bits per heavy atom. The molecule has 0 unspecified atom stereocenters. The second kappa shape index (κ2) is 7.78. The molecular formula is C23H42F6O2. The minimum atomic E-state index is -5.01. The maximum atomic E-state index is 15.3. The van der Waals surface area contributed by atoms with Crippen molar-refractivity contribution in [3.8, 4) is 0 Å². The van der Waals surface area contributed by atoms with Gasteiger partial charge in [0.05, 0.1) is 16.6 Å². The molecule has 2 nitrogen and oxygen atoms in total. The van der Waals surface area contributed by atoms with Gasteiger partial charge in [0, 0.05) is 5.41 Å². The monoisotopic (exact) mass is 464 g/mol. The Morgan fingerprint density at radius 3 is 1.00 bits per heavy atom. The smallest absolute Gasteiger partial charge is 0.313 e. The first kappa shape index (κ1) is 30.5. The van der Waals surface area contributed by atoms with Gasteiger partial charge in [0.1, 0.15) is 0 Å². The number of hydrogen-bond donors (Lipinski definition) is 0. The molecule has 188 valence electrons. The van der Waals surface area contributed by atoms with Crippen molar-refractivity contribution in [1.82, 2.24) is 0 Å². The summed E-state index contributed by atoms with van der Waals surface area (Å²) in [6.45, 7) is 18.1. The first-order valence-electron chi connectivity index (χ1n) is 10.5. The molecule has 0 aliphatic heterocycles. The van der Waals surface area contributed by atoms with Gasteiger partial charge in [0.25, 0.3) is 0 Å². The van der Waals surface area contributed by atoms with Gasteiger partial charge in [-0.2, -0.15) is 26.3 Å². The molecule has 0 fully saturated rings. The standard InChI is InChI=1S/C23H42F6O2/c1-15(2,3)17(7,8)21(24,25)23(28,29)31-20(13,14)18(9,10)22(26,27)30-19(11,12)16(4,5)6/h1-14H3. The Bertz CT molecular complexity index is 635. The van der Waals surface area contributed by atoms with Crippen molar-refractivity contribution in [1.29, 1.82) is 0 Å². The molecule has 0 spiro atoms. The van der Waals surface area contributed by atoms with E-state index in [0.717, 1.165) is 41.5 Å². The Labute approximate surface area is 184 Å². The van der Waals surface area contributed by atoms with Gasteiger partial charge in [-0.1, -0.05) is 55.4 Å². The summed E-state index contributed by atoms with van der Waals surface area (Å²) in [4.78, 5) is 0. The molecule has 0 saturated heterocycles. The highest BCUT2D eigenvalue weighted by Gasteiger charge is 2.72. The zero-order valence-corrected chi connectivity index (χ0v) is 21.6. The molecule has 0 amide bonds. The fourth-order valence-electron chi connectivity index (χ4n) is 2.30. The van der Waals surface area contributed by atoms with Gasteiger partial charge >= 0.3 is 18.1 Å². The summed E-state index contributed by atoms with van der Waals surface area (Å²) < 4.78 is 100. The van der Waals surface area contributed by atoms with Crippen molar-refractivity contribution in [3.05, 3.63) is 0 Å². The fraction of sp³-hybridized carbons (Fsp3) is 1.00. The van der Waals surface area contributed by atoms with E-state index < -0.39 is 51.0 Å². The van der Waals surface area contributed by atoms with Crippen molar-refractivity contribution in [2.45, 2.75) is 126 Å². The zero-order chi connectivity index (χ0) is 25.9. The van der Waals surface area contributed by atoms with E-state index in [9.17, 15) is 8.78 Å². The van der Waals surface area contributed by atoms with Crippen LogP contribution in [-0.2, 0) is 9.47 Å². The third kappa shape index (κ3) is 5.20. The van der Waals surface area contributed by atoms with Gasteiger partial charge in [-0.3, -0.25) is 0 Å². The van der Waals surface area contributed by atoms with Crippen LogP contribution < -0.4 is 0 Å². The lowest BCUT2D eigenvalue weighted by atomic mass is 9.65. The quantitative estimate of drug-likeness (QED) is 0.335. The summed E-state index contributed by atoms with van der Waals surface area (Å²) in [6.07, 6.45) is -8.99. The highest BCUT2D eigenvalue weighted by molar-refractivity contribution is 5.02. The molecule has 0 heterocycles. The SMILES string of the molecule is CC(C)(C)C(C)(C)OC(F)(F)C(C)(C)C(C)(C)OC(F)(F)C(F)(F)C(C)(C)C(C)(C)C. The van der Waals surface area contributed by atoms with Gasteiger partial charge in [-0.25, -0.2) is 0 Å². The van der Waals surface area contributed by atoms with Crippen LogP contribution in [0.5, 0.6) is 0 Å². The van der Waals surface area contributed by atoms with E-state index in [4.69, 9.17) is 4.74 Å². The van der Waals surface area contributed by atoms with Crippen LogP contribution in [0.3, 0.4) is 0 Å². The van der Waals surface area contributed by atoms with Gasteiger partial charge < -0.3 is 9.47 Å². The molecule has 31 heavy (non-hydrogen) atoms. The van der Waals surface area contributed by atoms with Crippen molar-refractivity contribution in [3.63, 3.8) is 0 Å². The zero-order valence-electron chi connectivity index (χ0n) is 21.6. The number of rotatable bonds is 8. The van der Waals surface area contributed by atoms with Crippen molar-refractivity contribution < 1.29 is 35.8 Å². The van der Waals surface area contributed by atoms with Crippen LogP contribution in [0.25, 0.3) is 0 Å². The lowest BCUT2D eigenvalue weighted by molar-refractivity contribution is -0.443. The van der Waals surface area contributed by atoms with Crippen molar-refractivity contribution in [2.75, 3.05) is 0 Å². The predicted octanol–water partition coefficient (Wildman–Crippen LogP) is 8.54. The van der Waals surface area contributed by atoms with Crippen LogP contribution >= 0.6 is 0 Å². The van der Waals surface area contributed by atoms with Crippen LogP contribution in [-0.4, -0.2) is 29.3 Å². The summed E-state index contributed by atoms with van der Waals surface area (Å²) in [7, 11) is 0. The van der Waals surface area contributed by atoms with E-state index >= 15 is 17.6 Å². The van der Waals surface area contributed by atoms with E-state index in [1.54, 1.807) is 20.8 Å². The summed E-state index contributed by atoms with van der Waals surface area (Å²) in [6, 6.07) is 0. The Balaban J connectivity index is 6.21. The maximum Gasteiger partial charge on any atom is 0.420 e. The van der Waals surface area contributed by atoms with Crippen LogP contribution in [0.2, 0.25) is 0 Å². The topological polar surface area (TPSA) is 18.5 Å². The molecule has 0 aliphatic carbocycles. The van der Waals surface area contributed by atoms with E-state index in [1.165, 1.54) is 34.6 Å². The fourth-order valence-corrected chi connectivity index (χ4v) is 2.30. The average molecular weight is 465 g/mol. The number of ether oxygens (including phenoxy) is 2. The van der Waals surface area contributed by atoms with Gasteiger partial charge in [-0.05, 0) is 52.4 Å². The third-order valence-electron chi connectivity index (χ3n) is 7.83. The molecule has 0 atom stereocenters. The maximum absolute atomic E-state index is 15.3. The predicted molar refractivity (Wildman–Crippen MR) is 112 cm³/mol. The number of hydrogen-bond acceptors (Lipinski definition) is 2. The highest BCUT2D eigenvalue weighted by atomic mass is 19.3. The molecule has 0 aromatic heterocycles.